The number of carbonyl (C=O) groups excluding carboxylic acids is 2. The molecule has 2 amide bonds. The first-order valence-corrected chi connectivity index (χ1v) is 13.1. The highest BCUT2D eigenvalue weighted by Crippen LogP contribution is 2.38. The summed E-state index contributed by atoms with van der Waals surface area (Å²) in [6.45, 7) is 9.31. The molecule has 2 aliphatic rings. The lowest BCUT2D eigenvalue weighted by atomic mass is 9.82. The van der Waals surface area contributed by atoms with Gasteiger partial charge in [-0.2, -0.15) is 0 Å². The first kappa shape index (κ1) is 25.7. The van der Waals surface area contributed by atoms with Gasteiger partial charge in [0.2, 0.25) is 0 Å². The molecule has 0 unspecified atom stereocenters. The van der Waals surface area contributed by atoms with Gasteiger partial charge in [0.05, 0.1) is 25.0 Å². The molecular weight excluding hydrogens is 482 g/mol. The number of fused-ring (bicyclic) bond motifs is 1. The summed E-state index contributed by atoms with van der Waals surface area (Å²) in [4.78, 5) is 31.8. The van der Waals surface area contributed by atoms with Crippen LogP contribution >= 0.6 is 0 Å². The fourth-order valence-corrected chi connectivity index (χ4v) is 4.93. The van der Waals surface area contributed by atoms with Crippen molar-refractivity contribution in [2.45, 2.75) is 39.2 Å². The Labute approximate surface area is 223 Å². The lowest BCUT2D eigenvalue weighted by Crippen LogP contribution is -2.48. The van der Waals surface area contributed by atoms with E-state index in [9.17, 15) is 9.59 Å². The van der Waals surface area contributed by atoms with E-state index in [1.54, 1.807) is 24.1 Å². The van der Waals surface area contributed by atoms with Crippen LogP contribution in [0.2, 0.25) is 0 Å². The maximum Gasteiger partial charge on any atom is 0.289 e. The molecule has 8 heteroatoms. The molecule has 2 aromatic carbocycles. The van der Waals surface area contributed by atoms with Crippen molar-refractivity contribution in [1.29, 1.82) is 0 Å². The molecule has 3 aromatic rings. The molecule has 0 radical (unpaired) electrons. The Morgan fingerprint density at radius 1 is 1.00 bits per heavy atom. The number of hydrogen-bond donors (Lipinski definition) is 0. The standard InChI is InChI=1S/C30H35N3O5/c1-5-30(2,3)21-10-12-26-24(18-21)33(28(34)20-37-26)19-22-11-13-27(38-22)29(35)32-16-14-31(15-17-32)23-8-6-7-9-25(23)36-4/h6-13,18H,5,14-17,19-20H2,1-4H3. The third kappa shape index (κ3) is 4.95. The van der Waals surface area contributed by atoms with Crippen LogP contribution < -0.4 is 19.3 Å². The summed E-state index contributed by atoms with van der Waals surface area (Å²) in [7, 11) is 1.67. The van der Waals surface area contributed by atoms with Crippen molar-refractivity contribution in [3.63, 3.8) is 0 Å². The zero-order valence-corrected chi connectivity index (χ0v) is 22.5. The zero-order chi connectivity index (χ0) is 26.9. The van der Waals surface area contributed by atoms with Gasteiger partial charge in [0, 0.05) is 26.2 Å². The summed E-state index contributed by atoms with van der Waals surface area (Å²) in [5.41, 5.74) is 2.88. The van der Waals surface area contributed by atoms with Gasteiger partial charge in [-0.05, 0) is 53.8 Å². The van der Waals surface area contributed by atoms with Crippen LogP contribution in [0.3, 0.4) is 0 Å². The van der Waals surface area contributed by atoms with E-state index in [0.717, 1.165) is 29.1 Å². The van der Waals surface area contributed by atoms with Crippen LogP contribution in [0.15, 0.2) is 59.0 Å². The molecule has 0 saturated carbocycles. The maximum absolute atomic E-state index is 13.2. The highest BCUT2D eigenvalue weighted by atomic mass is 16.5. The number of nitrogens with zero attached hydrogens (tertiary/aromatic N) is 3. The molecule has 8 nitrogen and oxygen atoms in total. The molecule has 0 aliphatic carbocycles. The number of rotatable bonds is 7. The number of piperazine rings is 1. The van der Waals surface area contributed by atoms with Gasteiger partial charge in [-0.1, -0.05) is 39.0 Å². The number of methoxy groups -OCH3 is 1. The smallest absolute Gasteiger partial charge is 0.289 e. The van der Waals surface area contributed by atoms with E-state index >= 15 is 0 Å². The molecular formula is C30H35N3O5. The van der Waals surface area contributed by atoms with Gasteiger partial charge in [0.1, 0.15) is 17.3 Å². The lowest BCUT2D eigenvalue weighted by Gasteiger charge is -2.36. The predicted molar refractivity (Wildman–Crippen MR) is 146 cm³/mol. The Kier molecular flexibility index (Phi) is 7.06. The Bertz CT molecular complexity index is 1320. The van der Waals surface area contributed by atoms with Crippen LogP contribution in [-0.2, 0) is 16.8 Å². The second-order valence-electron chi connectivity index (χ2n) is 10.4. The van der Waals surface area contributed by atoms with Gasteiger partial charge in [-0.3, -0.25) is 14.5 Å². The average Bonchev–Trinajstić information content (AvgIpc) is 3.42. The predicted octanol–water partition coefficient (Wildman–Crippen LogP) is 4.86. The van der Waals surface area contributed by atoms with Crippen LogP contribution in [0.25, 0.3) is 0 Å². The summed E-state index contributed by atoms with van der Waals surface area (Å²) in [6.07, 6.45) is 0.970. The number of anilines is 2. The second kappa shape index (κ2) is 10.4. The molecule has 2 aliphatic heterocycles. The summed E-state index contributed by atoms with van der Waals surface area (Å²) in [5, 5.41) is 0. The van der Waals surface area contributed by atoms with E-state index in [1.807, 2.05) is 41.3 Å². The first-order chi connectivity index (χ1) is 18.3. The van der Waals surface area contributed by atoms with Gasteiger partial charge in [-0.15, -0.1) is 0 Å². The summed E-state index contributed by atoms with van der Waals surface area (Å²) < 4.78 is 17.2. The first-order valence-electron chi connectivity index (χ1n) is 13.1. The zero-order valence-electron chi connectivity index (χ0n) is 22.5. The minimum Gasteiger partial charge on any atom is -0.495 e. The number of benzene rings is 2. The Balaban J connectivity index is 1.27. The van der Waals surface area contributed by atoms with Gasteiger partial charge >= 0.3 is 0 Å². The van der Waals surface area contributed by atoms with Crippen molar-refractivity contribution in [2.75, 3.05) is 49.7 Å². The molecule has 1 fully saturated rings. The van der Waals surface area contributed by atoms with Crippen LogP contribution in [0.4, 0.5) is 11.4 Å². The number of amides is 2. The molecule has 0 N–H and O–H groups in total. The molecule has 0 bridgehead atoms. The fraction of sp³-hybridized carbons (Fsp3) is 0.400. The topological polar surface area (TPSA) is 75.5 Å². The van der Waals surface area contributed by atoms with Crippen molar-refractivity contribution in [3.05, 3.63) is 71.7 Å². The summed E-state index contributed by atoms with van der Waals surface area (Å²) in [5.74, 6) is 2.07. The van der Waals surface area contributed by atoms with Crippen LogP contribution in [0.5, 0.6) is 11.5 Å². The number of hydrogen-bond acceptors (Lipinski definition) is 6. The lowest BCUT2D eigenvalue weighted by molar-refractivity contribution is -0.121. The Morgan fingerprint density at radius 2 is 1.76 bits per heavy atom. The molecule has 200 valence electrons. The van der Waals surface area contributed by atoms with Gasteiger partial charge in [0.25, 0.3) is 11.8 Å². The Hall–Kier alpha value is -3.94. The minimum atomic E-state index is -0.142. The highest BCUT2D eigenvalue weighted by molar-refractivity contribution is 5.98. The normalized spacial score (nSPS) is 15.8. The van der Waals surface area contributed by atoms with Gasteiger partial charge in [0.15, 0.2) is 12.4 Å². The van der Waals surface area contributed by atoms with Gasteiger partial charge < -0.3 is 23.7 Å². The average molecular weight is 518 g/mol. The van der Waals surface area contributed by atoms with Crippen molar-refractivity contribution in [2.24, 2.45) is 0 Å². The quantitative estimate of drug-likeness (QED) is 0.445. The maximum atomic E-state index is 13.2. The fourth-order valence-electron chi connectivity index (χ4n) is 4.93. The van der Waals surface area contributed by atoms with Crippen molar-refractivity contribution in [1.82, 2.24) is 4.90 Å². The van der Waals surface area contributed by atoms with Crippen molar-refractivity contribution >= 4 is 23.2 Å². The summed E-state index contributed by atoms with van der Waals surface area (Å²) >= 11 is 0. The van der Waals surface area contributed by atoms with E-state index in [2.05, 4.69) is 31.7 Å². The SMILES string of the molecule is CCC(C)(C)c1ccc2c(c1)N(Cc1ccc(C(=O)N3CCN(c4ccccc4OC)CC3)o1)C(=O)CO2. The third-order valence-electron chi connectivity index (χ3n) is 7.75. The number of carbonyl (C=O) groups is 2. The van der Waals surface area contributed by atoms with E-state index in [4.69, 9.17) is 13.9 Å². The highest BCUT2D eigenvalue weighted by Gasteiger charge is 2.30. The van der Waals surface area contributed by atoms with Crippen LogP contribution in [0.1, 0.15) is 49.1 Å². The van der Waals surface area contributed by atoms with Gasteiger partial charge in [-0.25, -0.2) is 0 Å². The van der Waals surface area contributed by atoms with Crippen LogP contribution in [-0.4, -0.2) is 56.6 Å². The van der Waals surface area contributed by atoms with Crippen molar-refractivity contribution in [3.8, 4) is 11.5 Å². The van der Waals surface area contributed by atoms with Crippen molar-refractivity contribution < 1.29 is 23.5 Å². The monoisotopic (exact) mass is 517 g/mol. The molecule has 38 heavy (non-hydrogen) atoms. The molecule has 0 atom stereocenters. The van der Waals surface area contributed by atoms with E-state index in [0.29, 0.717) is 37.7 Å². The molecule has 1 aromatic heterocycles. The molecule has 3 heterocycles. The third-order valence-corrected chi connectivity index (χ3v) is 7.75. The minimum absolute atomic E-state index is 0.0213. The molecule has 0 spiro atoms. The van der Waals surface area contributed by atoms with E-state index in [-0.39, 0.29) is 36.1 Å². The number of ether oxygens (including phenoxy) is 2. The Morgan fingerprint density at radius 3 is 2.50 bits per heavy atom. The molecule has 5 rings (SSSR count). The number of para-hydroxylation sites is 2. The summed E-state index contributed by atoms with van der Waals surface area (Å²) in [6, 6.07) is 17.4. The van der Waals surface area contributed by atoms with E-state index < -0.39 is 0 Å². The van der Waals surface area contributed by atoms with E-state index in [1.165, 1.54) is 0 Å². The molecule has 1 saturated heterocycles. The van der Waals surface area contributed by atoms with Crippen LogP contribution in [0, 0.1) is 0 Å². The second-order valence-corrected chi connectivity index (χ2v) is 10.4. The largest absolute Gasteiger partial charge is 0.495 e. The number of furan rings is 1.